The predicted molar refractivity (Wildman–Crippen MR) is 140 cm³/mol. The van der Waals surface area contributed by atoms with Crippen LogP contribution in [0.3, 0.4) is 0 Å². The summed E-state index contributed by atoms with van der Waals surface area (Å²) in [4.78, 5) is 25.1. The molecule has 4 saturated carbocycles. The summed E-state index contributed by atoms with van der Waals surface area (Å²) in [5.74, 6) is 0.0974. The lowest BCUT2D eigenvalue weighted by Gasteiger charge is -2.64. The molecule has 202 valence electrons. The maximum atomic E-state index is 13.3. The van der Waals surface area contributed by atoms with Crippen molar-refractivity contribution >= 4 is 19.0 Å². The molecule has 5 unspecified atom stereocenters. The number of rotatable bonds is 8. The number of carboxylic acids is 1. The average Bonchev–Trinajstić information content (AvgIpc) is 3.22. The lowest BCUT2D eigenvalue weighted by molar-refractivity contribution is -0.199. The number of carbonyl (C=O) groups is 2. The van der Waals surface area contributed by atoms with E-state index in [1.807, 2.05) is 6.07 Å². The maximum absolute atomic E-state index is 13.3. The lowest BCUT2D eigenvalue weighted by atomic mass is 9.43. The molecule has 0 radical (unpaired) electrons. The third-order valence-corrected chi connectivity index (χ3v) is 9.98. The topological polar surface area (TPSA) is 120 Å². The second kappa shape index (κ2) is 9.90. The minimum Gasteiger partial charge on any atom is -0.496 e. The Labute approximate surface area is 220 Å². The Kier molecular flexibility index (Phi) is 7.09. The van der Waals surface area contributed by atoms with Gasteiger partial charge in [0.25, 0.3) is 0 Å². The highest BCUT2D eigenvalue weighted by Crippen LogP contribution is 2.65. The van der Waals surface area contributed by atoms with Gasteiger partial charge in [-0.15, -0.1) is 0 Å². The SMILES string of the molecule is COc1c(CC(NC(=O)C[C@H]2CC[C@H](N)CC2)B2OC3CC4CC(C4(C)C)C3(C)O2)cccc1C(=O)O. The zero-order valence-corrected chi connectivity index (χ0v) is 22.5. The van der Waals surface area contributed by atoms with E-state index in [9.17, 15) is 14.7 Å². The molecule has 5 atom stereocenters. The summed E-state index contributed by atoms with van der Waals surface area (Å²) in [6.45, 7) is 6.80. The van der Waals surface area contributed by atoms with Crippen molar-refractivity contribution in [1.82, 2.24) is 5.32 Å². The Bertz CT molecular complexity index is 1040. The molecule has 4 aliphatic carbocycles. The summed E-state index contributed by atoms with van der Waals surface area (Å²) in [5, 5.41) is 12.9. The van der Waals surface area contributed by atoms with Crippen LogP contribution < -0.4 is 15.8 Å². The van der Waals surface area contributed by atoms with Gasteiger partial charge in [-0.05, 0) is 86.7 Å². The van der Waals surface area contributed by atoms with Crippen LogP contribution in [0.1, 0.15) is 81.6 Å². The van der Waals surface area contributed by atoms with E-state index < -0.39 is 24.6 Å². The van der Waals surface area contributed by atoms with E-state index in [1.165, 1.54) is 13.2 Å². The highest BCUT2D eigenvalue weighted by atomic mass is 16.7. The summed E-state index contributed by atoms with van der Waals surface area (Å²) >= 11 is 0. The molecule has 5 fully saturated rings. The van der Waals surface area contributed by atoms with Crippen molar-refractivity contribution < 1.29 is 28.7 Å². The Balaban J connectivity index is 1.37. The molecule has 1 aromatic rings. The van der Waals surface area contributed by atoms with Crippen molar-refractivity contribution in [2.24, 2.45) is 28.9 Å². The molecule has 9 heteroatoms. The third-order valence-electron chi connectivity index (χ3n) is 9.98. The van der Waals surface area contributed by atoms with Crippen LogP contribution in [-0.2, 0) is 20.5 Å². The summed E-state index contributed by atoms with van der Waals surface area (Å²) in [7, 11) is 0.854. The van der Waals surface area contributed by atoms with Gasteiger partial charge in [0.05, 0.1) is 24.8 Å². The molecule has 0 aromatic heterocycles. The first-order valence-corrected chi connectivity index (χ1v) is 13.8. The molecule has 1 aliphatic heterocycles. The molecule has 2 bridgehead atoms. The normalized spacial score (nSPS) is 34.7. The van der Waals surface area contributed by atoms with Gasteiger partial charge in [0.15, 0.2) is 0 Å². The van der Waals surface area contributed by atoms with E-state index in [2.05, 4.69) is 26.1 Å². The number of nitrogens with one attached hydrogen (secondary N) is 1. The summed E-state index contributed by atoms with van der Waals surface area (Å²) in [6.07, 6.45) is 6.70. The van der Waals surface area contributed by atoms with E-state index in [-0.39, 0.29) is 29.0 Å². The van der Waals surface area contributed by atoms with Gasteiger partial charge in [-0.1, -0.05) is 26.0 Å². The average molecular weight is 512 g/mol. The van der Waals surface area contributed by atoms with Crippen LogP contribution >= 0.6 is 0 Å². The fourth-order valence-electron chi connectivity index (χ4n) is 7.60. The largest absolute Gasteiger partial charge is 0.496 e. The fraction of sp³-hybridized carbons (Fsp3) is 0.714. The van der Waals surface area contributed by atoms with Crippen LogP contribution in [0.15, 0.2) is 18.2 Å². The van der Waals surface area contributed by atoms with Crippen LogP contribution in [0.4, 0.5) is 0 Å². The summed E-state index contributed by atoms with van der Waals surface area (Å²) < 4.78 is 18.8. The number of para-hydroxylation sites is 1. The van der Waals surface area contributed by atoms with Crippen LogP contribution in [0.25, 0.3) is 0 Å². The first-order chi connectivity index (χ1) is 17.5. The Morgan fingerprint density at radius 1 is 1.22 bits per heavy atom. The number of hydrogen-bond acceptors (Lipinski definition) is 6. The molecule has 5 aliphatic rings. The second-order valence-electron chi connectivity index (χ2n) is 12.5. The van der Waals surface area contributed by atoms with Crippen molar-refractivity contribution in [3.8, 4) is 5.75 Å². The van der Waals surface area contributed by atoms with Gasteiger partial charge < -0.3 is 30.2 Å². The van der Waals surface area contributed by atoms with Crippen molar-refractivity contribution in [3.05, 3.63) is 29.3 Å². The fourth-order valence-corrected chi connectivity index (χ4v) is 7.60. The molecule has 1 aromatic carbocycles. The number of nitrogens with two attached hydrogens (primary N) is 1. The number of amides is 1. The number of aromatic carboxylic acids is 1. The molecular weight excluding hydrogens is 471 g/mol. The molecule has 4 N–H and O–H groups in total. The zero-order chi connectivity index (χ0) is 26.5. The monoisotopic (exact) mass is 512 g/mol. The van der Waals surface area contributed by atoms with Gasteiger partial charge in [0, 0.05) is 12.5 Å². The zero-order valence-electron chi connectivity index (χ0n) is 22.5. The highest BCUT2D eigenvalue weighted by Gasteiger charge is 2.68. The first kappa shape index (κ1) is 26.5. The molecule has 0 spiro atoms. The number of carbonyl (C=O) groups excluding carboxylic acids is 1. The van der Waals surface area contributed by atoms with E-state index in [1.54, 1.807) is 6.07 Å². The Hall–Kier alpha value is -2.10. The van der Waals surface area contributed by atoms with Gasteiger partial charge in [-0.25, -0.2) is 4.79 Å². The van der Waals surface area contributed by atoms with E-state index in [0.717, 1.165) is 38.5 Å². The number of benzene rings is 1. The Morgan fingerprint density at radius 2 is 1.95 bits per heavy atom. The van der Waals surface area contributed by atoms with Gasteiger partial charge in [-0.2, -0.15) is 0 Å². The molecule has 6 rings (SSSR count). The highest BCUT2D eigenvalue weighted by molar-refractivity contribution is 6.48. The first-order valence-electron chi connectivity index (χ1n) is 13.8. The van der Waals surface area contributed by atoms with Gasteiger partial charge in [0.1, 0.15) is 11.3 Å². The minimum absolute atomic E-state index is 0.0132. The van der Waals surface area contributed by atoms with E-state index in [4.69, 9.17) is 19.8 Å². The number of methoxy groups -OCH3 is 1. The summed E-state index contributed by atoms with van der Waals surface area (Å²) in [6, 6.07) is 5.32. The van der Waals surface area contributed by atoms with Crippen molar-refractivity contribution in [3.63, 3.8) is 0 Å². The standard InChI is InChI=1S/C28H41BN2O6/c1-27(2)18-14-21(27)28(3)22(15-18)36-29(37-28)23(31-24(32)12-16-8-10-19(30)11-9-16)13-17-6-5-7-20(26(33)34)25(17)35-4/h5-7,16,18-19,21-23H,8-15,30H2,1-4H3,(H,31,32)(H,33,34)/t16-,18?,19-,21?,22?,23?,28?. The van der Waals surface area contributed by atoms with Crippen molar-refractivity contribution in [2.45, 2.75) is 95.8 Å². The molecule has 37 heavy (non-hydrogen) atoms. The lowest BCUT2D eigenvalue weighted by Crippen LogP contribution is -2.65. The minimum atomic E-state index is -1.05. The number of carboxylic acid groups (broad SMARTS) is 1. The molecular formula is C28H41BN2O6. The summed E-state index contributed by atoms with van der Waals surface area (Å²) in [5.41, 5.74) is 6.66. The molecule has 1 saturated heterocycles. The van der Waals surface area contributed by atoms with Crippen molar-refractivity contribution in [2.75, 3.05) is 7.11 Å². The quantitative estimate of drug-likeness (QED) is 0.456. The predicted octanol–water partition coefficient (Wildman–Crippen LogP) is 3.60. The van der Waals surface area contributed by atoms with Crippen LogP contribution in [0.2, 0.25) is 0 Å². The molecule has 1 amide bonds. The molecule has 1 heterocycles. The van der Waals surface area contributed by atoms with E-state index >= 15 is 0 Å². The van der Waals surface area contributed by atoms with Gasteiger partial charge in [0.2, 0.25) is 5.91 Å². The maximum Gasteiger partial charge on any atom is 0.482 e. The van der Waals surface area contributed by atoms with E-state index in [0.29, 0.717) is 41.9 Å². The second-order valence-corrected chi connectivity index (χ2v) is 12.5. The van der Waals surface area contributed by atoms with Gasteiger partial charge in [-0.3, -0.25) is 4.79 Å². The molecule has 8 nitrogen and oxygen atoms in total. The Morgan fingerprint density at radius 3 is 2.59 bits per heavy atom. The van der Waals surface area contributed by atoms with Crippen LogP contribution in [-0.4, -0.2) is 54.9 Å². The van der Waals surface area contributed by atoms with Crippen molar-refractivity contribution in [1.29, 1.82) is 0 Å². The number of ether oxygens (including phenoxy) is 1. The number of hydrogen-bond donors (Lipinski definition) is 3. The van der Waals surface area contributed by atoms with Crippen LogP contribution in [0, 0.1) is 23.2 Å². The smallest absolute Gasteiger partial charge is 0.482 e. The van der Waals surface area contributed by atoms with Gasteiger partial charge >= 0.3 is 13.1 Å². The third kappa shape index (κ3) is 4.79. The van der Waals surface area contributed by atoms with Crippen LogP contribution in [0.5, 0.6) is 5.75 Å².